The molecule has 70 valence electrons. The van der Waals surface area contributed by atoms with Crippen molar-refractivity contribution >= 4 is 0 Å². The average Bonchev–Trinajstić information content (AvgIpc) is 2.14. The van der Waals surface area contributed by atoms with Crippen molar-refractivity contribution in [1.82, 2.24) is 0 Å². The Kier molecular flexibility index (Phi) is 1.83. The largest absolute Gasteiger partial charge is 0.430 e. The third kappa shape index (κ3) is 1.14. The molecule has 1 unspecified atom stereocenters. The van der Waals surface area contributed by atoms with Gasteiger partial charge in [-0.25, -0.2) is 6.57 Å². The molecule has 13 heavy (non-hydrogen) atoms. The van der Waals surface area contributed by atoms with Crippen LogP contribution in [0, 0.1) is 23.8 Å². The Morgan fingerprint density at radius 2 is 2.46 bits per heavy atom. The summed E-state index contributed by atoms with van der Waals surface area (Å²) in [6.07, 6.45) is 4.57. The number of hydrogen-bond acceptors (Lipinski definition) is 1. The highest BCUT2D eigenvalue weighted by Gasteiger charge is 2.52. The molecule has 2 heteroatoms. The van der Waals surface area contributed by atoms with Gasteiger partial charge in [0, 0.05) is 5.92 Å². The highest BCUT2D eigenvalue weighted by atomic mass is 16.5. The van der Waals surface area contributed by atoms with E-state index in [1.54, 1.807) is 0 Å². The zero-order valence-electron chi connectivity index (χ0n) is 8.21. The van der Waals surface area contributed by atoms with Gasteiger partial charge < -0.3 is 4.74 Å². The fraction of sp³-hybridized carbons (Fsp3) is 0.727. The van der Waals surface area contributed by atoms with E-state index in [-0.39, 0.29) is 6.73 Å². The molecule has 0 heterocycles. The maximum absolute atomic E-state index is 6.67. The van der Waals surface area contributed by atoms with Crippen molar-refractivity contribution in [3.63, 3.8) is 0 Å². The molecule has 0 amide bonds. The van der Waals surface area contributed by atoms with Gasteiger partial charge in [-0.2, -0.15) is 0 Å². The van der Waals surface area contributed by atoms with Crippen LogP contribution in [0.3, 0.4) is 0 Å². The smallest absolute Gasteiger partial charge is 0.357 e. The lowest BCUT2D eigenvalue weighted by Crippen LogP contribution is -2.48. The molecule has 1 fully saturated rings. The van der Waals surface area contributed by atoms with E-state index < -0.39 is 0 Å². The number of hydrogen-bond donors (Lipinski definition) is 0. The molecular weight excluding hydrogens is 162 g/mol. The second-order valence-corrected chi connectivity index (χ2v) is 4.58. The number of ether oxygens (including phenoxy) is 1. The van der Waals surface area contributed by atoms with Gasteiger partial charge in [-0.1, -0.05) is 13.8 Å². The number of fused-ring (bicyclic) bond motifs is 1. The minimum atomic E-state index is 0.184. The van der Waals surface area contributed by atoms with Crippen LogP contribution in [0.15, 0.2) is 11.8 Å². The van der Waals surface area contributed by atoms with Crippen molar-refractivity contribution in [3.8, 4) is 0 Å². The SMILES string of the molecule is [C-]#[N+]COC1=CCC2C[C@@H]1C2(C)C. The third-order valence-electron chi connectivity index (χ3n) is 3.71. The third-order valence-corrected chi connectivity index (χ3v) is 3.71. The average molecular weight is 177 g/mol. The number of nitrogens with zero attached hydrogens (tertiary/aromatic N) is 1. The molecule has 2 atom stereocenters. The minimum absolute atomic E-state index is 0.184. The van der Waals surface area contributed by atoms with Crippen molar-refractivity contribution in [3.05, 3.63) is 23.3 Å². The Hall–Kier alpha value is -0.970. The zero-order chi connectivity index (χ0) is 9.47. The fourth-order valence-corrected chi connectivity index (χ4v) is 2.57. The van der Waals surface area contributed by atoms with E-state index in [1.807, 2.05) is 0 Å². The van der Waals surface area contributed by atoms with Crippen LogP contribution >= 0.6 is 0 Å². The maximum Gasteiger partial charge on any atom is 0.357 e. The van der Waals surface area contributed by atoms with E-state index in [1.165, 1.54) is 6.42 Å². The molecular formula is C11H15NO. The maximum atomic E-state index is 6.67. The summed E-state index contributed by atoms with van der Waals surface area (Å²) < 4.78 is 5.42. The van der Waals surface area contributed by atoms with E-state index in [0.29, 0.717) is 11.3 Å². The van der Waals surface area contributed by atoms with Gasteiger partial charge >= 0.3 is 6.73 Å². The molecule has 3 rings (SSSR count). The van der Waals surface area contributed by atoms with Gasteiger partial charge in [-0.15, -0.1) is 0 Å². The van der Waals surface area contributed by atoms with Crippen molar-refractivity contribution < 1.29 is 4.74 Å². The molecule has 0 radical (unpaired) electrons. The van der Waals surface area contributed by atoms with Crippen LogP contribution in [0.25, 0.3) is 4.85 Å². The number of allylic oxidation sites excluding steroid dienone is 2. The van der Waals surface area contributed by atoms with Gasteiger partial charge in [0.25, 0.3) is 0 Å². The van der Waals surface area contributed by atoms with E-state index in [0.717, 1.165) is 18.1 Å². The lowest BCUT2D eigenvalue weighted by Gasteiger charge is -2.55. The monoisotopic (exact) mass is 177 g/mol. The molecule has 0 saturated heterocycles. The fourth-order valence-electron chi connectivity index (χ4n) is 2.57. The molecule has 0 N–H and O–H groups in total. The molecule has 0 aromatic heterocycles. The molecule has 0 aromatic carbocycles. The summed E-state index contributed by atoms with van der Waals surface area (Å²) >= 11 is 0. The Balaban J connectivity index is 2.06. The van der Waals surface area contributed by atoms with Gasteiger partial charge in [-0.05, 0) is 30.3 Å². The predicted molar refractivity (Wildman–Crippen MR) is 50.6 cm³/mol. The van der Waals surface area contributed by atoms with Crippen molar-refractivity contribution in [2.75, 3.05) is 6.73 Å². The van der Waals surface area contributed by atoms with Crippen LogP contribution in [0.1, 0.15) is 26.7 Å². The van der Waals surface area contributed by atoms with Gasteiger partial charge in [-0.3, -0.25) is 4.85 Å². The number of rotatable bonds is 2. The highest BCUT2D eigenvalue weighted by molar-refractivity contribution is 5.18. The van der Waals surface area contributed by atoms with Crippen molar-refractivity contribution in [2.45, 2.75) is 26.7 Å². The summed E-state index contributed by atoms with van der Waals surface area (Å²) in [5, 5.41) is 0. The van der Waals surface area contributed by atoms with Crippen LogP contribution in [0.5, 0.6) is 0 Å². The van der Waals surface area contributed by atoms with Gasteiger partial charge in [0.1, 0.15) is 5.76 Å². The van der Waals surface area contributed by atoms with Gasteiger partial charge in [0.2, 0.25) is 0 Å². The predicted octanol–water partition coefficient (Wildman–Crippen LogP) is 2.83. The molecule has 0 spiro atoms. The summed E-state index contributed by atoms with van der Waals surface area (Å²) in [5.74, 6) is 2.49. The zero-order valence-corrected chi connectivity index (χ0v) is 8.21. The Bertz CT molecular complexity index is 285. The molecule has 3 aliphatic rings. The van der Waals surface area contributed by atoms with E-state index in [4.69, 9.17) is 11.3 Å². The first-order valence-electron chi connectivity index (χ1n) is 4.82. The first-order chi connectivity index (χ1) is 6.16. The van der Waals surface area contributed by atoms with Crippen LogP contribution in [-0.2, 0) is 4.74 Å². The lowest BCUT2D eigenvalue weighted by molar-refractivity contribution is -0.0437. The van der Waals surface area contributed by atoms with Crippen molar-refractivity contribution in [1.29, 1.82) is 0 Å². The van der Waals surface area contributed by atoms with Crippen LogP contribution in [-0.4, -0.2) is 6.73 Å². The van der Waals surface area contributed by atoms with E-state index in [9.17, 15) is 0 Å². The Morgan fingerprint density at radius 3 is 3.00 bits per heavy atom. The minimum Gasteiger partial charge on any atom is -0.430 e. The Morgan fingerprint density at radius 1 is 1.69 bits per heavy atom. The van der Waals surface area contributed by atoms with Crippen LogP contribution in [0.2, 0.25) is 0 Å². The summed E-state index contributed by atoms with van der Waals surface area (Å²) in [6.45, 7) is 11.5. The molecule has 1 saturated carbocycles. The normalized spacial score (nSPS) is 34.1. The molecule has 2 nitrogen and oxygen atoms in total. The van der Waals surface area contributed by atoms with Crippen molar-refractivity contribution in [2.24, 2.45) is 17.3 Å². The topological polar surface area (TPSA) is 13.6 Å². The van der Waals surface area contributed by atoms with Crippen LogP contribution in [0.4, 0.5) is 0 Å². The first kappa shape index (κ1) is 8.62. The second-order valence-electron chi connectivity index (χ2n) is 4.58. The molecule has 0 aromatic rings. The second kappa shape index (κ2) is 2.77. The van der Waals surface area contributed by atoms with Gasteiger partial charge in [0.15, 0.2) is 0 Å². The molecule has 2 bridgehead atoms. The highest BCUT2D eigenvalue weighted by Crippen LogP contribution is 2.59. The van der Waals surface area contributed by atoms with Crippen LogP contribution < -0.4 is 0 Å². The summed E-state index contributed by atoms with van der Waals surface area (Å²) in [6, 6.07) is 0. The molecule has 0 aliphatic heterocycles. The summed E-state index contributed by atoms with van der Waals surface area (Å²) in [7, 11) is 0. The first-order valence-corrected chi connectivity index (χ1v) is 4.82. The standard InChI is InChI=1S/C11H15NO/c1-11(2)8-4-5-10(9(11)6-8)13-7-12-3/h5,8-9H,4,6-7H2,1-2H3/t8?,9-/m0/s1. The lowest BCUT2D eigenvalue weighted by atomic mass is 9.50. The molecule has 3 aliphatic carbocycles. The summed E-state index contributed by atoms with van der Waals surface area (Å²) in [4.78, 5) is 3.22. The van der Waals surface area contributed by atoms with E-state index >= 15 is 0 Å². The van der Waals surface area contributed by atoms with E-state index in [2.05, 4.69) is 24.8 Å². The summed E-state index contributed by atoms with van der Waals surface area (Å²) in [5.41, 5.74) is 0.409. The quantitative estimate of drug-likeness (QED) is 0.591. The Labute approximate surface area is 79.4 Å². The van der Waals surface area contributed by atoms with Gasteiger partial charge in [0.05, 0.1) is 0 Å².